The molecular formula is C9H11NO3. The Kier molecular flexibility index (Phi) is 3.25. The fourth-order valence-corrected chi connectivity index (χ4v) is 0.827. The first-order valence-corrected chi connectivity index (χ1v) is 4.00. The van der Waals surface area contributed by atoms with Gasteiger partial charge in [0.25, 0.3) is 0 Å². The number of hydrogen-bond acceptors (Lipinski definition) is 4. The number of carbonyl (C=O) groups is 1. The van der Waals surface area contributed by atoms with Gasteiger partial charge in [0.05, 0.1) is 6.61 Å². The highest BCUT2D eigenvalue weighted by molar-refractivity contribution is 5.86. The van der Waals surface area contributed by atoms with Gasteiger partial charge in [0.1, 0.15) is 6.26 Å². The molecule has 0 aliphatic rings. The van der Waals surface area contributed by atoms with Gasteiger partial charge in [-0.3, -0.25) is 0 Å². The van der Waals surface area contributed by atoms with E-state index in [1.54, 1.807) is 13.0 Å². The zero-order chi connectivity index (χ0) is 9.68. The van der Waals surface area contributed by atoms with Crippen molar-refractivity contribution in [3.63, 3.8) is 0 Å². The summed E-state index contributed by atoms with van der Waals surface area (Å²) >= 11 is 0. The summed E-state index contributed by atoms with van der Waals surface area (Å²) in [6.07, 6.45) is 3.46. The molecule has 70 valence electrons. The van der Waals surface area contributed by atoms with E-state index < -0.39 is 5.97 Å². The maximum atomic E-state index is 11.1. The second kappa shape index (κ2) is 4.45. The maximum Gasteiger partial charge on any atom is 0.360 e. The Morgan fingerprint density at radius 1 is 1.85 bits per heavy atom. The Bertz CT molecular complexity index is 304. The number of carbonyl (C=O) groups excluding carboxylic acids is 1. The topological polar surface area (TPSA) is 52.3 Å². The number of allylic oxidation sites excluding steroid dienone is 1. The van der Waals surface area contributed by atoms with Gasteiger partial charge in [0.15, 0.2) is 11.6 Å². The number of esters is 1. The van der Waals surface area contributed by atoms with Crippen molar-refractivity contribution in [1.82, 2.24) is 4.98 Å². The van der Waals surface area contributed by atoms with Crippen molar-refractivity contribution in [1.29, 1.82) is 0 Å². The van der Waals surface area contributed by atoms with E-state index in [4.69, 9.17) is 9.15 Å². The van der Waals surface area contributed by atoms with Gasteiger partial charge in [0.2, 0.25) is 0 Å². The molecule has 1 heterocycles. The highest BCUT2D eigenvalue weighted by Gasteiger charge is 2.11. The Labute approximate surface area is 76.2 Å². The fraction of sp³-hybridized carbons (Fsp3) is 0.333. The van der Waals surface area contributed by atoms with Crippen LogP contribution in [0, 0.1) is 0 Å². The Hall–Kier alpha value is -1.58. The molecule has 0 spiro atoms. The number of ether oxygens (including phenoxy) is 1. The van der Waals surface area contributed by atoms with Gasteiger partial charge in [0, 0.05) is 6.42 Å². The van der Waals surface area contributed by atoms with Gasteiger partial charge in [-0.1, -0.05) is 6.08 Å². The van der Waals surface area contributed by atoms with Crippen LogP contribution in [0.4, 0.5) is 0 Å². The molecule has 0 radical (unpaired) electrons. The standard InChI is InChI=1S/C9H11NO3/c1-3-5-8-10-7(6-13-8)9(11)12-4-2/h3,6H,1,4-5H2,2H3. The number of nitrogens with zero attached hydrogens (tertiary/aromatic N) is 1. The van der Waals surface area contributed by atoms with Crippen LogP contribution < -0.4 is 0 Å². The molecule has 0 atom stereocenters. The molecule has 0 fully saturated rings. The first kappa shape index (κ1) is 9.51. The van der Waals surface area contributed by atoms with Crippen LogP contribution in [0.25, 0.3) is 0 Å². The minimum Gasteiger partial charge on any atom is -0.461 e. The van der Waals surface area contributed by atoms with E-state index in [9.17, 15) is 4.79 Å². The summed E-state index contributed by atoms with van der Waals surface area (Å²) in [4.78, 5) is 15.0. The molecule has 0 saturated heterocycles. The SMILES string of the molecule is C=CCc1nc(C(=O)OCC)co1. The molecule has 0 aromatic carbocycles. The fourth-order valence-electron chi connectivity index (χ4n) is 0.827. The summed E-state index contributed by atoms with van der Waals surface area (Å²) in [5.74, 6) is 0.0135. The van der Waals surface area contributed by atoms with Crippen molar-refractivity contribution >= 4 is 5.97 Å². The van der Waals surface area contributed by atoms with Crippen LogP contribution >= 0.6 is 0 Å². The lowest BCUT2D eigenvalue weighted by molar-refractivity contribution is 0.0519. The monoisotopic (exact) mass is 181 g/mol. The van der Waals surface area contributed by atoms with E-state index in [-0.39, 0.29) is 5.69 Å². The average molecular weight is 181 g/mol. The van der Waals surface area contributed by atoms with Crippen molar-refractivity contribution in [2.24, 2.45) is 0 Å². The maximum absolute atomic E-state index is 11.1. The van der Waals surface area contributed by atoms with Crippen LogP contribution in [0.1, 0.15) is 23.3 Å². The normalized spacial score (nSPS) is 9.62. The second-order valence-electron chi connectivity index (χ2n) is 2.34. The lowest BCUT2D eigenvalue weighted by atomic mass is 10.4. The first-order valence-electron chi connectivity index (χ1n) is 4.00. The minimum atomic E-state index is -0.457. The molecule has 4 nitrogen and oxygen atoms in total. The number of aromatic nitrogens is 1. The van der Waals surface area contributed by atoms with Gasteiger partial charge >= 0.3 is 5.97 Å². The third-order valence-corrected chi connectivity index (χ3v) is 1.36. The summed E-state index contributed by atoms with van der Waals surface area (Å²) in [5, 5.41) is 0. The van der Waals surface area contributed by atoms with E-state index >= 15 is 0 Å². The Morgan fingerprint density at radius 3 is 3.23 bits per heavy atom. The molecule has 0 saturated carbocycles. The minimum absolute atomic E-state index is 0.207. The molecule has 1 rings (SSSR count). The smallest absolute Gasteiger partial charge is 0.360 e. The molecule has 0 N–H and O–H groups in total. The highest BCUT2D eigenvalue weighted by Crippen LogP contribution is 2.04. The summed E-state index contributed by atoms with van der Waals surface area (Å²) in [7, 11) is 0. The second-order valence-corrected chi connectivity index (χ2v) is 2.34. The molecule has 1 aromatic heterocycles. The molecule has 0 unspecified atom stereocenters. The van der Waals surface area contributed by atoms with Crippen molar-refractivity contribution < 1.29 is 13.9 Å². The number of rotatable bonds is 4. The van der Waals surface area contributed by atoms with Gasteiger partial charge in [-0.15, -0.1) is 6.58 Å². The summed E-state index contributed by atoms with van der Waals surface area (Å²) in [6, 6.07) is 0. The lowest BCUT2D eigenvalue weighted by Crippen LogP contribution is -2.04. The predicted molar refractivity (Wildman–Crippen MR) is 46.4 cm³/mol. The summed E-state index contributed by atoms with van der Waals surface area (Å²) in [6.45, 7) is 5.60. The third-order valence-electron chi connectivity index (χ3n) is 1.36. The van der Waals surface area contributed by atoms with Crippen LogP contribution in [-0.4, -0.2) is 17.6 Å². The van der Waals surface area contributed by atoms with Crippen LogP contribution in [0.3, 0.4) is 0 Å². The zero-order valence-corrected chi connectivity index (χ0v) is 7.45. The lowest BCUT2D eigenvalue weighted by Gasteiger charge is -1.94. The van der Waals surface area contributed by atoms with Crippen molar-refractivity contribution in [2.75, 3.05) is 6.61 Å². The average Bonchev–Trinajstić information content (AvgIpc) is 2.54. The van der Waals surface area contributed by atoms with Gasteiger partial charge in [-0.2, -0.15) is 0 Å². The largest absolute Gasteiger partial charge is 0.461 e. The van der Waals surface area contributed by atoms with Crippen LogP contribution in [0.2, 0.25) is 0 Å². The van der Waals surface area contributed by atoms with Crippen molar-refractivity contribution in [3.8, 4) is 0 Å². The van der Waals surface area contributed by atoms with Crippen LogP contribution in [-0.2, 0) is 11.2 Å². The van der Waals surface area contributed by atoms with E-state index in [1.165, 1.54) is 6.26 Å². The summed E-state index contributed by atoms with van der Waals surface area (Å²) in [5.41, 5.74) is 0.207. The molecule has 13 heavy (non-hydrogen) atoms. The zero-order valence-electron chi connectivity index (χ0n) is 7.45. The van der Waals surface area contributed by atoms with Crippen molar-refractivity contribution in [3.05, 3.63) is 30.5 Å². The molecule has 0 amide bonds. The molecule has 0 bridgehead atoms. The Balaban J connectivity index is 2.67. The molecular weight excluding hydrogens is 170 g/mol. The number of hydrogen-bond donors (Lipinski definition) is 0. The van der Waals surface area contributed by atoms with Gasteiger partial charge in [-0.05, 0) is 6.92 Å². The van der Waals surface area contributed by atoms with E-state index in [0.29, 0.717) is 18.9 Å². The van der Waals surface area contributed by atoms with Crippen molar-refractivity contribution in [2.45, 2.75) is 13.3 Å². The summed E-state index contributed by atoms with van der Waals surface area (Å²) < 4.78 is 9.72. The van der Waals surface area contributed by atoms with E-state index in [1.807, 2.05) is 0 Å². The van der Waals surface area contributed by atoms with E-state index in [2.05, 4.69) is 11.6 Å². The molecule has 4 heteroatoms. The molecule has 0 aliphatic heterocycles. The molecule has 1 aromatic rings. The van der Waals surface area contributed by atoms with Crippen LogP contribution in [0.15, 0.2) is 23.3 Å². The first-order chi connectivity index (χ1) is 6.27. The third kappa shape index (κ3) is 2.43. The van der Waals surface area contributed by atoms with E-state index in [0.717, 1.165) is 0 Å². The number of oxazole rings is 1. The Morgan fingerprint density at radius 2 is 2.62 bits per heavy atom. The predicted octanol–water partition coefficient (Wildman–Crippen LogP) is 1.58. The highest BCUT2D eigenvalue weighted by atomic mass is 16.5. The quantitative estimate of drug-likeness (QED) is 0.522. The molecule has 0 aliphatic carbocycles. The van der Waals surface area contributed by atoms with Crippen LogP contribution in [0.5, 0.6) is 0 Å². The van der Waals surface area contributed by atoms with Gasteiger partial charge in [-0.25, -0.2) is 9.78 Å². The van der Waals surface area contributed by atoms with Gasteiger partial charge < -0.3 is 9.15 Å².